The Hall–Kier alpha value is -3.66. The number of fused-ring (bicyclic) bond motifs is 1. The van der Waals surface area contributed by atoms with E-state index in [0.717, 1.165) is 16.1 Å². The average molecular weight is 507 g/mol. The Balaban J connectivity index is 0.000000540. The quantitative estimate of drug-likeness (QED) is 0.367. The minimum absolute atomic E-state index is 0.184. The molecular formula is C25H25F3N2O4S. The van der Waals surface area contributed by atoms with Crippen LogP contribution >= 0.6 is 11.3 Å². The zero-order valence-electron chi connectivity index (χ0n) is 19.2. The van der Waals surface area contributed by atoms with Gasteiger partial charge in [-0.3, -0.25) is 4.79 Å². The Bertz CT molecular complexity index is 1200. The number of hydrogen-bond acceptors (Lipinski definition) is 5. The van der Waals surface area contributed by atoms with Gasteiger partial charge < -0.3 is 19.9 Å². The van der Waals surface area contributed by atoms with E-state index in [1.54, 1.807) is 11.3 Å². The molecule has 0 saturated heterocycles. The second kappa shape index (κ2) is 12.7. The second-order valence-corrected chi connectivity index (χ2v) is 8.61. The lowest BCUT2D eigenvalue weighted by molar-refractivity contribution is -0.669. The van der Waals surface area contributed by atoms with Gasteiger partial charge in [-0.1, -0.05) is 53.8 Å². The highest BCUT2D eigenvalue weighted by Gasteiger charge is 2.28. The SMILES string of the molecule is CN(C)c1ccc(/C=C/C=C/c2sc3ccccc3[n+]2CCCC(=O)O)cc1.O=C([O-])C(F)(F)F. The largest absolute Gasteiger partial charge is 0.542 e. The maximum atomic E-state index is 10.8. The fraction of sp³-hybridized carbons (Fsp3) is 0.240. The Morgan fingerprint density at radius 2 is 1.66 bits per heavy atom. The van der Waals surface area contributed by atoms with Crippen molar-refractivity contribution in [3.8, 4) is 0 Å². The van der Waals surface area contributed by atoms with Gasteiger partial charge in [0.2, 0.25) is 5.52 Å². The predicted molar refractivity (Wildman–Crippen MR) is 129 cm³/mol. The zero-order chi connectivity index (χ0) is 26.0. The monoisotopic (exact) mass is 506 g/mol. The number of carbonyl (C=O) groups excluding carboxylic acids is 1. The number of anilines is 1. The second-order valence-electron chi connectivity index (χ2n) is 7.55. The molecule has 0 aliphatic heterocycles. The number of aromatic nitrogens is 1. The van der Waals surface area contributed by atoms with Crippen LogP contribution in [0.4, 0.5) is 18.9 Å². The summed E-state index contributed by atoms with van der Waals surface area (Å²) >= 11 is 1.72. The third-order valence-electron chi connectivity index (χ3n) is 4.69. The lowest BCUT2D eigenvalue weighted by Crippen LogP contribution is -2.37. The van der Waals surface area contributed by atoms with Crippen molar-refractivity contribution in [3.63, 3.8) is 0 Å². The minimum atomic E-state index is -5.19. The molecule has 186 valence electrons. The van der Waals surface area contributed by atoms with Crippen molar-refractivity contribution >= 4 is 51.3 Å². The van der Waals surface area contributed by atoms with Crippen molar-refractivity contribution in [1.29, 1.82) is 0 Å². The lowest BCUT2D eigenvalue weighted by atomic mass is 10.2. The summed E-state index contributed by atoms with van der Waals surface area (Å²) in [6.45, 7) is 0.700. The standard InChI is InChI=1S/C23H24N2O2S.C2HF3O2/c1-24(2)19-15-13-18(14-16-19)8-3-6-11-22-25(17-7-12-23(26)27)20-9-4-5-10-21(20)28-22;3-2(4,5)1(6)7/h3-6,8-11,13-16H,7,12,17H2,1-2H3;(H,6,7). The van der Waals surface area contributed by atoms with E-state index in [4.69, 9.17) is 15.0 Å². The normalized spacial score (nSPS) is 11.6. The number of para-hydroxylation sites is 1. The third kappa shape index (κ3) is 8.90. The topological polar surface area (TPSA) is 84.5 Å². The van der Waals surface area contributed by atoms with E-state index in [1.807, 2.05) is 38.4 Å². The van der Waals surface area contributed by atoms with Gasteiger partial charge in [-0.25, -0.2) is 0 Å². The number of carboxylic acid groups (broad SMARTS) is 2. The first-order valence-corrected chi connectivity index (χ1v) is 11.3. The molecular weight excluding hydrogens is 481 g/mol. The van der Waals surface area contributed by atoms with Gasteiger partial charge in [0, 0.05) is 38.3 Å². The van der Waals surface area contributed by atoms with Gasteiger partial charge in [0.1, 0.15) is 10.7 Å². The number of rotatable bonds is 8. The van der Waals surface area contributed by atoms with Crippen LogP contribution in [0, 0.1) is 0 Å². The number of aliphatic carboxylic acids is 2. The van der Waals surface area contributed by atoms with Crippen molar-refractivity contribution < 1.29 is 37.5 Å². The molecule has 0 aliphatic carbocycles. The molecule has 1 heterocycles. The maximum absolute atomic E-state index is 10.8. The first-order chi connectivity index (χ1) is 16.5. The first-order valence-electron chi connectivity index (χ1n) is 10.5. The van der Waals surface area contributed by atoms with Crippen LogP contribution in [0.2, 0.25) is 0 Å². The molecule has 1 aromatic heterocycles. The Morgan fingerprint density at radius 1 is 1.06 bits per heavy atom. The molecule has 0 saturated carbocycles. The van der Waals surface area contributed by atoms with E-state index in [-0.39, 0.29) is 6.42 Å². The van der Waals surface area contributed by atoms with E-state index in [0.29, 0.717) is 13.0 Å². The number of nitrogens with zero attached hydrogens (tertiary/aromatic N) is 2. The number of benzene rings is 2. The molecule has 0 bridgehead atoms. The van der Waals surface area contributed by atoms with Crippen LogP contribution in [-0.4, -0.2) is 37.3 Å². The number of aryl methyl sites for hydroxylation is 1. The lowest BCUT2D eigenvalue weighted by Gasteiger charge is -2.11. The average Bonchev–Trinajstić information content (AvgIpc) is 3.14. The van der Waals surface area contributed by atoms with E-state index in [1.165, 1.54) is 10.4 Å². The highest BCUT2D eigenvalue weighted by Crippen LogP contribution is 2.21. The summed E-state index contributed by atoms with van der Waals surface area (Å²) in [5, 5.41) is 18.8. The molecule has 0 atom stereocenters. The number of carboxylic acids is 2. The summed E-state index contributed by atoms with van der Waals surface area (Å²) in [5.74, 6) is -3.76. The Labute approximate surface area is 204 Å². The van der Waals surface area contributed by atoms with Crippen LogP contribution < -0.4 is 14.6 Å². The van der Waals surface area contributed by atoms with Gasteiger partial charge in [0.05, 0.1) is 6.42 Å². The van der Waals surface area contributed by atoms with Gasteiger partial charge in [-0.15, -0.1) is 0 Å². The van der Waals surface area contributed by atoms with Crippen molar-refractivity contribution in [2.24, 2.45) is 0 Å². The molecule has 3 rings (SSSR count). The van der Waals surface area contributed by atoms with E-state index >= 15 is 0 Å². The summed E-state index contributed by atoms with van der Waals surface area (Å²) in [5.41, 5.74) is 3.49. The van der Waals surface area contributed by atoms with Crippen LogP contribution in [0.15, 0.2) is 60.7 Å². The number of carbonyl (C=O) groups is 2. The fourth-order valence-electron chi connectivity index (χ4n) is 2.98. The van der Waals surface area contributed by atoms with Gasteiger partial charge in [0.25, 0.3) is 5.01 Å². The number of thiazole rings is 1. The molecule has 0 aliphatic rings. The van der Waals surface area contributed by atoms with E-state index in [9.17, 15) is 18.0 Å². The van der Waals surface area contributed by atoms with Crippen molar-refractivity contribution in [1.82, 2.24) is 0 Å². The van der Waals surface area contributed by atoms with Crippen LogP contribution in [0.3, 0.4) is 0 Å². The molecule has 0 unspecified atom stereocenters. The van der Waals surface area contributed by atoms with Crippen LogP contribution in [0.5, 0.6) is 0 Å². The van der Waals surface area contributed by atoms with E-state index < -0.39 is 18.1 Å². The van der Waals surface area contributed by atoms with Gasteiger partial charge in [0.15, 0.2) is 6.54 Å². The summed E-state index contributed by atoms with van der Waals surface area (Å²) in [6, 6.07) is 16.7. The Kier molecular flexibility index (Phi) is 10.0. The third-order valence-corrected chi connectivity index (χ3v) is 5.82. The van der Waals surface area contributed by atoms with Crippen LogP contribution in [0.1, 0.15) is 23.4 Å². The van der Waals surface area contributed by atoms with Gasteiger partial charge in [-0.05, 0) is 23.8 Å². The summed E-state index contributed by atoms with van der Waals surface area (Å²) in [4.78, 5) is 21.7. The molecule has 0 spiro atoms. The van der Waals surface area contributed by atoms with Crippen molar-refractivity contribution in [2.75, 3.05) is 19.0 Å². The fourth-order valence-corrected chi connectivity index (χ4v) is 4.09. The van der Waals surface area contributed by atoms with Crippen LogP contribution in [-0.2, 0) is 16.1 Å². The van der Waals surface area contributed by atoms with Gasteiger partial charge in [-0.2, -0.15) is 17.7 Å². The number of halogens is 3. The molecule has 6 nitrogen and oxygen atoms in total. The molecule has 1 N–H and O–H groups in total. The molecule has 2 aromatic carbocycles. The number of hydrogen-bond donors (Lipinski definition) is 1. The molecule has 0 fully saturated rings. The minimum Gasteiger partial charge on any atom is -0.542 e. The Morgan fingerprint density at radius 3 is 2.23 bits per heavy atom. The summed E-state index contributed by atoms with van der Waals surface area (Å²) in [7, 11) is 4.06. The first kappa shape index (κ1) is 27.6. The van der Waals surface area contributed by atoms with E-state index in [2.05, 4.69) is 58.0 Å². The summed E-state index contributed by atoms with van der Waals surface area (Å²) in [6.07, 6.45) is 3.86. The van der Waals surface area contributed by atoms with Crippen molar-refractivity contribution in [3.05, 3.63) is 71.3 Å². The summed E-state index contributed by atoms with van der Waals surface area (Å²) < 4.78 is 35.0. The molecule has 10 heteroatoms. The number of allylic oxidation sites excluding steroid dienone is 2. The molecule has 35 heavy (non-hydrogen) atoms. The maximum Gasteiger partial charge on any atom is 0.430 e. The molecule has 0 amide bonds. The number of alkyl halides is 3. The predicted octanol–water partition coefficient (Wildman–Crippen LogP) is 4.14. The van der Waals surface area contributed by atoms with Crippen molar-refractivity contribution in [2.45, 2.75) is 25.6 Å². The molecule has 3 aromatic rings. The van der Waals surface area contributed by atoms with Gasteiger partial charge >= 0.3 is 12.1 Å². The zero-order valence-corrected chi connectivity index (χ0v) is 20.0. The highest BCUT2D eigenvalue weighted by molar-refractivity contribution is 7.18. The smallest absolute Gasteiger partial charge is 0.430 e. The van der Waals surface area contributed by atoms with Crippen LogP contribution in [0.25, 0.3) is 22.4 Å². The molecule has 0 radical (unpaired) electrons. The highest BCUT2D eigenvalue weighted by atomic mass is 32.1.